The van der Waals surface area contributed by atoms with Gasteiger partial charge in [0.1, 0.15) is 5.52 Å². The molecule has 7 heteroatoms. The lowest BCUT2D eigenvalue weighted by atomic mass is 10.2. The zero-order chi connectivity index (χ0) is 23.0. The van der Waals surface area contributed by atoms with E-state index in [0.717, 1.165) is 31.9 Å². The molecule has 0 aliphatic carbocycles. The fraction of sp³-hybridized carbons (Fsp3) is 0.115. The Morgan fingerprint density at radius 3 is 2.21 bits per heavy atom. The maximum absolute atomic E-state index is 5.26. The highest BCUT2D eigenvalue weighted by Gasteiger charge is 1.99. The molecule has 3 aromatic carbocycles. The van der Waals surface area contributed by atoms with Crippen molar-refractivity contribution in [2.75, 3.05) is 0 Å². The van der Waals surface area contributed by atoms with Crippen LogP contribution in [0.15, 0.2) is 98.0 Å². The molecule has 0 radical (unpaired) electrons. The van der Waals surface area contributed by atoms with Gasteiger partial charge >= 0.3 is 0 Å². The number of hydrogen-bond acceptors (Lipinski definition) is 7. The number of nitrogens with zero attached hydrogens (tertiary/aromatic N) is 3. The molecule has 0 saturated heterocycles. The molecule has 0 amide bonds. The minimum absolute atomic E-state index is 0.723. The molecule has 0 aliphatic heterocycles. The topological polar surface area (TPSA) is 51.8 Å². The molecule has 166 valence electrons. The van der Waals surface area contributed by atoms with Gasteiger partial charge in [-0.05, 0) is 50.2 Å². The summed E-state index contributed by atoms with van der Waals surface area (Å²) in [5.41, 5.74) is 4.20. The second-order valence-electron chi connectivity index (χ2n) is 7.11. The normalized spacial score (nSPS) is 10.4. The molecule has 0 unspecified atom stereocenters. The van der Waals surface area contributed by atoms with Gasteiger partial charge in [-0.3, -0.25) is 0 Å². The van der Waals surface area contributed by atoms with E-state index in [9.17, 15) is 0 Å². The summed E-state index contributed by atoms with van der Waals surface area (Å²) in [4.78, 5) is 13.9. The molecular formula is C26H23N3OS3. The number of aromatic nitrogens is 3. The summed E-state index contributed by atoms with van der Waals surface area (Å²) in [6.07, 6.45) is 1.83. The molecule has 0 spiro atoms. The van der Waals surface area contributed by atoms with Gasteiger partial charge in [0, 0.05) is 23.4 Å². The Morgan fingerprint density at radius 1 is 0.788 bits per heavy atom. The van der Waals surface area contributed by atoms with E-state index in [-0.39, 0.29) is 0 Å². The number of hydrogen-bond donors (Lipinski definition) is 0. The zero-order valence-corrected chi connectivity index (χ0v) is 21.0. The van der Waals surface area contributed by atoms with Gasteiger partial charge in [0.15, 0.2) is 15.8 Å². The van der Waals surface area contributed by atoms with Crippen LogP contribution in [0.2, 0.25) is 0 Å². The first-order valence-electron chi connectivity index (χ1n) is 10.4. The van der Waals surface area contributed by atoms with Crippen LogP contribution in [-0.2, 0) is 0 Å². The quantitative estimate of drug-likeness (QED) is 0.245. The van der Waals surface area contributed by atoms with Crippen LogP contribution in [0.5, 0.6) is 0 Å². The number of benzene rings is 3. The van der Waals surface area contributed by atoms with Crippen molar-refractivity contribution in [1.29, 1.82) is 0 Å². The molecule has 33 heavy (non-hydrogen) atoms. The van der Waals surface area contributed by atoms with Crippen molar-refractivity contribution in [3.8, 4) is 0 Å². The standard InChI is InChI=1S/C10H9NS2.C8H7NO.C8H7NS/c1-8-2-4-9(5-3-8)13-10-11-6-7-12-10;2*1-6-9-7-4-2-3-5-8(7)10-6/h2-7H,1H3;2*2-5H,1H3. The minimum Gasteiger partial charge on any atom is -0.441 e. The van der Waals surface area contributed by atoms with Crippen LogP contribution in [-0.4, -0.2) is 15.0 Å². The molecule has 0 N–H and O–H groups in total. The number of para-hydroxylation sites is 3. The SMILES string of the molecule is Cc1ccc(Sc2nccs2)cc1.Cc1nc2ccccc2o1.Cc1nc2ccccc2s1. The largest absolute Gasteiger partial charge is 0.441 e. The van der Waals surface area contributed by atoms with Gasteiger partial charge in [0.25, 0.3) is 0 Å². The third-order valence-corrected chi connectivity index (χ3v) is 7.28. The van der Waals surface area contributed by atoms with E-state index in [1.807, 2.05) is 67.9 Å². The fourth-order valence-electron chi connectivity index (χ4n) is 2.94. The molecule has 3 aromatic heterocycles. The van der Waals surface area contributed by atoms with E-state index in [4.69, 9.17) is 4.42 Å². The van der Waals surface area contributed by atoms with Crippen LogP contribution in [0.1, 0.15) is 16.5 Å². The molecule has 0 fully saturated rings. The zero-order valence-electron chi connectivity index (χ0n) is 18.6. The van der Waals surface area contributed by atoms with Crippen molar-refractivity contribution >= 4 is 55.8 Å². The molecular weight excluding hydrogens is 467 g/mol. The molecule has 0 saturated carbocycles. The first kappa shape index (κ1) is 23.2. The maximum atomic E-state index is 5.26. The highest BCUT2D eigenvalue weighted by atomic mass is 32.2. The Labute approximate surface area is 205 Å². The van der Waals surface area contributed by atoms with Crippen LogP contribution in [0.3, 0.4) is 0 Å². The van der Waals surface area contributed by atoms with Crippen molar-refractivity contribution in [3.63, 3.8) is 0 Å². The predicted molar refractivity (Wildman–Crippen MR) is 141 cm³/mol. The number of rotatable bonds is 2. The highest BCUT2D eigenvalue weighted by Crippen LogP contribution is 2.28. The number of aryl methyl sites for hydroxylation is 3. The van der Waals surface area contributed by atoms with Gasteiger partial charge in [-0.1, -0.05) is 53.7 Å². The second-order valence-corrected chi connectivity index (χ2v) is 10.6. The first-order valence-corrected chi connectivity index (χ1v) is 12.9. The summed E-state index contributed by atoms with van der Waals surface area (Å²) in [7, 11) is 0. The summed E-state index contributed by atoms with van der Waals surface area (Å²) >= 11 is 5.13. The average molecular weight is 490 g/mol. The second kappa shape index (κ2) is 11.2. The summed E-state index contributed by atoms with van der Waals surface area (Å²) < 4.78 is 7.64. The van der Waals surface area contributed by atoms with E-state index in [0.29, 0.717) is 0 Å². The van der Waals surface area contributed by atoms with E-state index in [2.05, 4.69) is 52.2 Å². The van der Waals surface area contributed by atoms with Crippen molar-refractivity contribution in [2.45, 2.75) is 30.0 Å². The van der Waals surface area contributed by atoms with Gasteiger partial charge in [0.2, 0.25) is 0 Å². The molecule has 3 heterocycles. The molecule has 0 aliphatic rings. The smallest absolute Gasteiger partial charge is 0.192 e. The number of thiazole rings is 2. The summed E-state index contributed by atoms with van der Waals surface area (Å²) in [5, 5.41) is 3.14. The molecule has 0 bridgehead atoms. The highest BCUT2D eigenvalue weighted by molar-refractivity contribution is 8.01. The number of oxazole rings is 1. The van der Waals surface area contributed by atoms with Gasteiger partial charge in [-0.2, -0.15) is 0 Å². The van der Waals surface area contributed by atoms with Crippen molar-refractivity contribution in [3.05, 3.63) is 101 Å². The molecule has 6 rings (SSSR count). The van der Waals surface area contributed by atoms with Gasteiger partial charge in [0.05, 0.1) is 15.2 Å². The van der Waals surface area contributed by atoms with E-state index in [1.54, 1.807) is 34.4 Å². The third-order valence-electron chi connectivity index (χ3n) is 4.44. The lowest BCUT2D eigenvalue weighted by Crippen LogP contribution is -1.73. The monoisotopic (exact) mass is 489 g/mol. The Morgan fingerprint density at radius 2 is 1.52 bits per heavy atom. The van der Waals surface area contributed by atoms with E-state index >= 15 is 0 Å². The van der Waals surface area contributed by atoms with Gasteiger partial charge in [-0.15, -0.1) is 22.7 Å². The first-order chi connectivity index (χ1) is 16.1. The van der Waals surface area contributed by atoms with E-state index < -0.39 is 0 Å². The van der Waals surface area contributed by atoms with Crippen LogP contribution >= 0.6 is 34.4 Å². The molecule has 6 aromatic rings. The predicted octanol–water partition coefficient (Wildman–Crippen LogP) is 8.34. The van der Waals surface area contributed by atoms with Gasteiger partial charge < -0.3 is 4.42 Å². The van der Waals surface area contributed by atoms with Crippen LogP contribution in [0, 0.1) is 20.8 Å². The summed E-state index contributed by atoms with van der Waals surface area (Å²) in [6, 6.07) is 24.4. The van der Waals surface area contributed by atoms with Crippen LogP contribution in [0.4, 0.5) is 0 Å². The molecule has 0 atom stereocenters. The Hall–Kier alpha value is -3.00. The van der Waals surface area contributed by atoms with Crippen LogP contribution in [0.25, 0.3) is 21.3 Å². The lowest BCUT2D eigenvalue weighted by molar-refractivity contribution is 0.561. The average Bonchev–Trinajstić information content (AvgIpc) is 3.54. The van der Waals surface area contributed by atoms with Gasteiger partial charge in [-0.25, -0.2) is 15.0 Å². The van der Waals surface area contributed by atoms with E-state index in [1.165, 1.54) is 15.2 Å². The lowest BCUT2D eigenvalue weighted by Gasteiger charge is -1.97. The third kappa shape index (κ3) is 6.74. The Kier molecular flexibility index (Phi) is 7.88. The Balaban J connectivity index is 0.000000119. The fourth-order valence-corrected chi connectivity index (χ4v) is 5.36. The summed E-state index contributed by atoms with van der Waals surface area (Å²) in [5.74, 6) is 0.723. The van der Waals surface area contributed by atoms with Crippen molar-refractivity contribution in [2.24, 2.45) is 0 Å². The molecule has 4 nitrogen and oxygen atoms in total. The Bertz CT molecular complexity index is 1280. The van der Waals surface area contributed by atoms with Crippen molar-refractivity contribution < 1.29 is 4.42 Å². The van der Waals surface area contributed by atoms with Crippen LogP contribution < -0.4 is 0 Å². The summed E-state index contributed by atoms with van der Waals surface area (Å²) in [6.45, 7) is 5.97. The minimum atomic E-state index is 0.723. The number of fused-ring (bicyclic) bond motifs is 2. The van der Waals surface area contributed by atoms with Crippen molar-refractivity contribution in [1.82, 2.24) is 15.0 Å². The maximum Gasteiger partial charge on any atom is 0.192 e.